The fraction of sp³-hybridized carbons (Fsp3) is 0.389. The molecule has 3 rings (SSSR count). The number of carbonyl (C=O) groups is 2. The van der Waals surface area contributed by atoms with E-state index in [0.29, 0.717) is 5.69 Å². The summed E-state index contributed by atoms with van der Waals surface area (Å²) in [6, 6.07) is 0.774. The molecule has 1 fully saturated rings. The second-order valence-electron chi connectivity index (χ2n) is 7.04. The molecule has 10 heteroatoms. The highest BCUT2D eigenvalue weighted by Crippen LogP contribution is 2.35. The summed E-state index contributed by atoms with van der Waals surface area (Å²) in [7, 11) is 0. The quantitative estimate of drug-likeness (QED) is 0.413. The Hall–Kier alpha value is -2.55. The van der Waals surface area contributed by atoms with Gasteiger partial charge in [0.15, 0.2) is 5.65 Å². The van der Waals surface area contributed by atoms with Crippen molar-refractivity contribution >= 4 is 35.3 Å². The van der Waals surface area contributed by atoms with Gasteiger partial charge in [-0.2, -0.15) is 13.2 Å². The normalized spacial score (nSPS) is 17.1. The van der Waals surface area contributed by atoms with Crippen LogP contribution < -0.4 is 0 Å². The molecule has 0 saturated carbocycles. The van der Waals surface area contributed by atoms with Crippen LogP contribution in [0.25, 0.3) is 11.7 Å². The number of cyclic esters (lactones) is 2. The van der Waals surface area contributed by atoms with Crippen LogP contribution in [0.3, 0.4) is 0 Å². The van der Waals surface area contributed by atoms with E-state index in [-0.39, 0.29) is 22.3 Å². The summed E-state index contributed by atoms with van der Waals surface area (Å²) in [6.07, 6.45) is -2.71. The van der Waals surface area contributed by atoms with Crippen molar-refractivity contribution in [1.29, 1.82) is 0 Å². The van der Waals surface area contributed by atoms with Crippen LogP contribution in [-0.2, 0) is 25.2 Å². The van der Waals surface area contributed by atoms with Crippen LogP contribution in [-0.4, -0.2) is 27.1 Å². The van der Waals surface area contributed by atoms with Gasteiger partial charge in [-0.3, -0.25) is 4.40 Å². The monoisotopic (exact) mass is 416 g/mol. The maximum Gasteiger partial charge on any atom is 0.417 e. The minimum absolute atomic E-state index is 0.0723. The zero-order valence-corrected chi connectivity index (χ0v) is 16.1. The molecule has 2 aromatic heterocycles. The number of pyridine rings is 1. The van der Waals surface area contributed by atoms with Crippen molar-refractivity contribution < 1.29 is 32.2 Å². The highest BCUT2D eigenvalue weighted by Gasteiger charge is 2.39. The fourth-order valence-electron chi connectivity index (χ4n) is 2.78. The first-order valence-corrected chi connectivity index (χ1v) is 8.65. The Morgan fingerprint density at radius 1 is 1.21 bits per heavy atom. The van der Waals surface area contributed by atoms with E-state index in [4.69, 9.17) is 21.1 Å². The Labute approximate surface area is 162 Å². The number of hydrogen-bond acceptors (Lipinski definition) is 5. The third-order valence-corrected chi connectivity index (χ3v) is 4.29. The number of ether oxygens (including phenoxy) is 2. The third-order valence-electron chi connectivity index (χ3n) is 4.01. The molecule has 2 aromatic rings. The number of alkyl halides is 3. The van der Waals surface area contributed by atoms with Gasteiger partial charge in [0.1, 0.15) is 5.57 Å². The average molecular weight is 417 g/mol. The van der Waals surface area contributed by atoms with Gasteiger partial charge >= 0.3 is 18.1 Å². The van der Waals surface area contributed by atoms with Gasteiger partial charge < -0.3 is 9.47 Å². The molecule has 1 aliphatic heterocycles. The zero-order valence-electron chi connectivity index (χ0n) is 15.3. The molecule has 0 aliphatic carbocycles. The van der Waals surface area contributed by atoms with Gasteiger partial charge in [-0.05, 0) is 18.1 Å². The Morgan fingerprint density at radius 3 is 2.29 bits per heavy atom. The lowest BCUT2D eigenvalue weighted by Gasteiger charge is -2.29. The van der Waals surface area contributed by atoms with Crippen LogP contribution in [0.1, 0.15) is 50.6 Å². The van der Waals surface area contributed by atoms with Crippen LogP contribution in [0.4, 0.5) is 13.2 Å². The summed E-state index contributed by atoms with van der Waals surface area (Å²) in [6.45, 7) is 6.32. The Kier molecular flexibility index (Phi) is 4.69. The molecular formula is C18H16ClF3N2O4. The molecule has 0 bridgehead atoms. The molecule has 0 N–H and O–H groups in total. The molecule has 1 saturated heterocycles. The van der Waals surface area contributed by atoms with E-state index in [9.17, 15) is 22.8 Å². The number of nitrogens with zero attached hydrogens (tertiary/aromatic N) is 2. The number of aromatic nitrogens is 2. The minimum Gasteiger partial charge on any atom is -0.419 e. The lowest BCUT2D eigenvalue weighted by Crippen LogP contribution is -2.41. The molecule has 0 unspecified atom stereocenters. The number of carbonyl (C=O) groups excluding carboxylic acids is 2. The second kappa shape index (κ2) is 6.51. The molecule has 0 atom stereocenters. The molecule has 0 aromatic carbocycles. The second-order valence-corrected chi connectivity index (χ2v) is 7.45. The van der Waals surface area contributed by atoms with Gasteiger partial charge in [-0.1, -0.05) is 25.4 Å². The van der Waals surface area contributed by atoms with Crippen molar-refractivity contribution in [2.75, 3.05) is 0 Å². The van der Waals surface area contributed by atoms with Crippen LogP contribution in [0, 0.1) is 0 Å². The van der Waals surface area contributed by atoms with E-state index in [0.717, 1.165) is 22.7 Å². The number of rotatable bonds is 2. The molecule has 6 nitrogen and oxygen atoms in total. The summed E-state index contributed by atoms with van der Waals surface area (Å²) in [5.74, 6) is -3.55. The fourth-order valence-corrected chi connectivity index (χ4v) is 3.03. The van der Waals surface area contributed by atoms with Gasteiger partial charge in [-0.25, -0.2) is 14.6 Å². The SMILES string of the molecule is CC(C)c1nc2c(Cl)cc(C(F)(F)F)cn2c1C=C1C(=O)OC(C)(C)OC1=O. The van der Waals surface area contributed by atoms with E-state index in [1.54, 1.807) is 13.8 Å². The predicted octanol–water partition coefficient (Wildman–Crippen LogP) is 4.35. The highest BCUT2D eigenvalue weighted by atomic mass is 35.5. The molecular weight excluding hydrogens is 401 g/mol. The maximum atomic E-state index is 13.2. The van der Waals surface area contributed by atoms with E-state index >= 15 is 0 Å². The number of halogens is 4. The smallest absolute Gasteiger partial charge is 0.417 e. The summed E-state index contributed by atoms with van der Waals surface area (Å²) in [4.78, 5) is 28.8. The summed E-state index contributed by atoms with van der Waals surface area (Å²) < 4.78 is 50.8. The number of fused-ring (bicyclic) bond motifs is 1. The van der Waals surface area contributed by atoms with Crippen LogP contribution in [0.5, 0.6) is 0 Å². The van der Waals surface area contributed by atoms with Crippen LogP contribution in [0.15, 0.2) is 17.8 Å². The molecule has 0 radical (unpaired) electrons. The summed E-state index contributed by atoms with van der Waals surface area (Å²) in [5, 5.41) is -0.212. The maximum absolute atomic E-state index is 13.2. The largest absolute Gasteiger partial charge is 0.419 e. The standard InChI is InChI=1S/C18H16ClF3N2O4/c1-8(2)13-12(6-10-15(25)27-17(3,4)28-16(10)26)24-7-9(18(20,21)22)5-11(19)14(24)23-13/h5-8H,1-4H3. The van der Waals surface area contributed by atoms with Gasteiger partial charge in [-0.15, -0.1) is 0 Å². The van der Waals surface area contributed by atoms with Gasteiger partial charge in [0.2, 0.25) is 0 Å². The Bertz CT molecular complexity index is 1000. The van der Waals surface area contributed by atoms with Crippen molar-refractivity contribution in [3.8, 4) is 0 Å². The average Bonchev–Trinajstić information content (AvgIpc) is 2.88. The van der Waals surface area contributed by atoms with Gasteiger partial charge in [0.05, 0.1) is 22.0 Å². The highest BCUT2D eigenvalue weighted by molar-refractivity contribution is 6.33. The number of esters is 2. The van der Waals surface area contributed by atoms with Crippen molar-refractivity contribution in [2.45, 2.75) is 45.6 Å². The lowest BCUT2D eigenvalue weighted by atomic mass is 10.1. The lowest BCUT2D eigenvalue weighted by molar-refractivity contribution is -0.222. The zero-order chi connectivity index (χ0) is 21.0. The summed E-state index contributed by atoms with van der Waals surface area (Å²) in [5.41, 5.74) is -0.896. The Balaban J connectivity index is 2.27. The first kappa shape index (κ1) is 20.2. The van der Waals surface area contributed by atoms with E-state index in [1.807, 2.05) is 0 Å². The van der Waals surface area contributed by atoms with Gasteiger partial charge in [0, 0.05) is 20.0 Å². The van der Waals surface area contributed by atoms with E-state index in [1.165, 1.54) is 13.8 Å². The first-order valence-electron chi connectivity index (χ1n) is 8.27. The molecule has 28 heavy (non-hydrogen) atoms. The summed E-state index contributed by atoms with van der Waals surface area (Å²) >= 11 is 6.01. The number of imidazole rings is 1. The van der Waals surface area contributed by atoms with Crippen molar-refractivity contribution in [3.63, 3.8) is 0 Å². The van der Waals surface area contributed by atoms with Crippen molar-refractivity contribution in [3.05, 3.63) is 39.8 Å². The topological polar surface area (TPSA) is 69.9 Å². The van der Waals surface area contributed by atoms with Crippen LogP contribution >= 0.6 is 11.6 Å². The van der Waals surface area contributed by atoms with Crippen molar-refractivity contribution in [2.24, 2.45) is 0 Å². The van der Waals surface area contributed by atoms with Gasteiger partial charge in [0.25, 0.3) is 5.79 Å². The third kappa shape index (κ3) is 3.58. The molecule has 1 aliphatic rings. The number of hydrogen-bond donors (Lipinski definition) is 0. The molecule has 150 valence electrons. The first-order chi connectivity index (χ1) is 12.8. The predicted molar refractivity (Wildman–Crippen MR) is 93.5 cm³/mol. The van der Waals surface area contributed by atoms with E-state index in [2.05, 4.69) is 4.98 Å². The molecule has 0 spiro atoms. The molecule has 3 heterocycles. The Morgan fingerprint density at radius 2 is 1.79 bits per heavy atom. The van der Waals surface area contributed by atoms with E-state index < -0.39 is 35.0 Å². The minimum atomic E-state index is -4.64. The van der Waals surface area contributed by atoms with Crippen molar-refractivity contribution in [1.82, 2.24) is 9.38 Å². The molecule has 0 amide bonds. The van der Waals surface area contributed by atoms with Crippen LogP contribution in [0.2, 0.25) is 5.02 Å².